The molecule has 0 radical (unpaired) electrons. The van der Waals surface area contributed by atoms with Crippen molar-refractivity contribution in [3.05, 3.63) is 48.0 Å². The minimum absolute atomic E-state index is 0.0394. The number of ether oxygens (including phenoxy) is 2. The summed E-state index contributed by atoms with van der Waals surface area (Å²) in [5.74, 6) is 0.976. The fourth-order valence-electron chi connectivity index (χ4n) is 2.76. The van der Waals surface area contributed by atoms with Crippen LogP contribution in [0.1, 0.15) is 24.2 Å². The number of benzene rings is 2. The van der Waals surface area contributed by atoms with E-state index in [0.717, 1.165) is 0 Å². The maximum atomic E-state index is 12.5. The molecule has 0 aliphatic rings. The molecule has 0 saturated carbocycles. The summed E-state index contributed by atoms with van der Waals surface area (Å²) < 4.78 is 10.5. The number of amides is 2. The number of nitrogens with zero attached hydrogens (tertiary/aromatic N) is 1. The number of rotatable bonds is 9. The Balaban J connectivity index is 2.02. The van der Waals surface area contributed by atoms with Crippen LogP contribution in [0.4, 0.5) is 11.4 Å². The lowest BCUT2D eigenvalue weighted by Gasteiger charge is -2.19. The second-order valence-electron chi connectivity index (χ2n) is 6.03. The average molecular weight is 385 g/mol. The topological polar surface area (TPSA) is 79.9 Å². The summed E-state index contributed by atoms with van der Waals surface area (Å²) in [5.41, 5.74) is 1.77. The van der Waals surface area contributed by atoms with Gasteiger partial charge >= 0.3 is 0 Å². The van der Waals surface area contributed by atoms with Crippen LogP contribution in [0, 0.1) is 0 Å². The maximum Gasteiger partial charge on any atom is 0.253 e. The highest BCUT2D eigenvalue weighted by Crippen LogP contribution is 2.28. The first-order chi connectivity index (χ1) is 13.5. The van der Waals surface area contributed by atoms with E-state index in [9.17, 15) is 9.59 Å². The first kappa shape index (κ1) is 21.1. The number of carbonyl (C=O) groups excluding carboxylic acids is 2. The summed E-state index contributed by atoms with van der Waals surface area (Å²) in [6.07, 6.45) is 0. The monoisotopic (exact) mass is 385 g/mol. The Morgan fingerprint density at radius 3 is 2.39 bits per heavy atom. The molecule has 2 N–H and O–H groups in total. The summed E-state index contributed by atoms with van der Waals surface area (Å²) in [7, 11) is 3.14. The molecule has 0 heterocycles. The first-order valence-electron chi connectivity index (χ1n) is 9.17. The molecule has 0 atom stereocenters. The normalized spacial score (nSPS) is 10.1. The largest absolute Gasteiger partial charge is 0.497 e. The van der Waals surface area contributed by atoms with Gasteiger partial charge in [-0.25, -0.2) is 0 Å². The highest BCUT2D eigenvalue weighted by atomic mass is 16.5. The third-order valence-corrected chi connectivity index (χ3v) is 4.29. The van der Waals surface area contributed by atoms with Gasteiger partial charge in [0, 0.05) is 30.4 Å². The minimum Gasteiger partial charge on any atom is -0.497 e. The summed E-state index contributed by atoms with van der Waals surface area (Å²) in [4.78, 5) is 26.5. The van der Waals surface area contributed by atoms with Crippen molar-refractivity contribution in [2.45, 2.75) is 13.8 Å². The van der Waals surface area contributed by atoms with Crippen LogP contribution in [-0.4, -0.2) is 50.6 Å². The van der Waals surface area contributed by atoms with Gasteiger partial charge in [0.25, 0.3) is 5.91 Å². The molecular weight excluding hydrogens is 358 g/mol. The summed E-state index contributed by atoms with van der Waals surface area (Å²) in [5, 5.41) is 5.84. The third kappa shape index (κ3) is 5.39. The SMILES string of the molecule is CCN(CC)C(=O)c1cccc(NC(=O)CNc2cc(OC)ccc2OC)c1. The second kappa shape index (κ2) is 10.2. The van der Waals surface area contributed by atoms with Gasteiger partial charge in [0.2, 0.25) is 5.91 Å². The molecule has 2 rings (SSSR count). The van der Waals surface area contributed by atoms with Gasteiger partial charge in [-0.1, -0.05) is 6.07 Å². The number of carbonyl (C=O) groups is 2. The Labute approximate surface area is 165 Å². The van der Waals surface area contributed by atoms with Crippen molar-refractivity contribution in [1.29, 1.82) is 0 Å². The van der Waals surface area contributed by atoms with E-state index in [0.29, 0.717) is 41.5 Å². The highest BCUT2D eigenvalue weighted by Gasteiger charge is 2.13. The lowest BCUT2D eigenvalue weighted by atomic mass is 10.1. The van der Waals surface area contributed by atoms with Crippen molar-refractivity contribution in [2.75, 3.05) is 44.5 Å². The molecule has 7 heteroatoms. The molecule has 2 aromatic carbocycles. The smallest absolute Gasteiger partial charge is 0.253 e. The van der Waals surface area contributed by atoms with E-state index in [1.165, 1.54) is 0 Å². The van der Waals surface area contributed by atoms with E-state index < -0.39 is 0 Å². The number of anilines is 2. The van der Waals surface area contributed by atoms with Crippen molar-refractivity contribution in [2.24, 2.45) is 0 Å². The van der Waals surface area contributed by atoms with E-state index in [1.54, 1.807) is 61.6 Å². The van der Waals surface area contributed by atoms with Crippen LogP contribution in [-0.2, 0) is 4.79 Å². The predicted molar refractivity (Wildman–Crippen MR) is 110 cm³/mol. The van der Waals surface area contributed by atoms with Crippen LogP contribution in [0.3, 0.4) is 0 Å². The van der Waals surface area contributed by atoms with Gasteiger partial charge < -0.3 is 25.0 Å². The van der Waals surface area contributed by atoms with Crippen molar-refractivity contribution in [1.82, 2.24) is 4.90 Å². The van der Waals surface area contributed by atoms with Gasteiger partial charge in [-0.2, -0.15) is 0 Å². The fraction of sp³-hybridized carbons (Fsp3) is 0.333. The number of nitrogens with one attached hydrogen (secondary N) is 2. The summed E-state index contributed by atoms with van der Waals surface area (Å²) in [6.45, 7) is 5.19. The zero-order chi connectivity index (χ0) is 20.5. The van der Waals surface area contributed by atoms with Crippen LogP contribution < -0.4 is 20.1 Å². The average Bonchev–Trinajstić information content (AvgIpc) is 2.73. The lowest BCUT2D eigenvalue weighted by Crippen LogP contribution is -2.30. The van der Waals surface area contributed by atoms with E-state index in [4.69, 9.17) is 9.47 Å². The van der Waals surface area contributed by atoms with Crippen LogP contribution in [0.5, 0.6) is 11.5 Å². The van der Waals surface area contributed by atoms with E-state index in [2.05, 4.69) is 10.6 Å². The van der Waals surface area contributed by atoms with Gasteiger partial charge in [0.05, 0.1) is 26.5 Å². The van der Waals surface area contributed by atoms with Crippen LogP contribution in [0.2, 0.25) is 0 Å². The van der Waals surface area contributed by atoms with Crippen molar-refractivity contribution in [3.63, 3.8) is 0 Å². The number of hydrogen-bond donors (Lipinski definition) is 2. The van der Waals surface area contributed by atoms with Crippen molar-refractivity contribution in [3.8, 4) is 11.5 Å². The van der Waals surface area contributed by atoms with E-state index in [-0.39, 0.29) is 18.4 Å². The molecule has 0 aliphatic heterocycles. The van der Waals surface area contributed by atoms with Gasteiger partial charge in [-0.3, -0.25) is 9.59 Å². The quantitative estimate of drug-likeness (QED) is 0.693. The van der Waals surface area contributed by atoms with Gasteiger partial charge in [0.1, 0.15) is 11.5 Å². The molecule has 0 bridgehead atoms. The Hall–Kier alpha value is -3.22. The molecule has 28 heavy (non-hydrogen) atoms. The molecule has 0 unspecified atom stereocenters. The Morgan fingerprint density at radius 2 is 1.75 bits per heavy atom. The highest BCUT2D eigenvalue weighted by molar-refractivity contribution is 5.98. The molecule has 2 aromatic rings. The van der Waals surface area contributed by atoms with E-state index in [1.807, 2.05) is 13.8 Å². The van der Waals surface area contributed by atoms with Crippen LogP contribution in [0.25, 0.3) is 0 Å². The lowest BCUT2D eigenvalue weighted by molar-refractivity contribution is -0.114. The van der Waals surface area contributed by atoms with Gasteiger partial charge in [-0.05, 0) is 44.2 Å². The number of methoxy groups -OCH3 is 2. The molecule has 0 fully saturated rings. The molecular formula is C21H27N3O4. The Morgan fingerprint density at radius 1 is 1.00 bits per heavy atom. The Kier molecular flexibility index (Phi) is 7.68. The zero-order valence-corrected chi connectivity index (χ0v) is 16.7. The van der Waals surface area contributed by atoms with Gasteiger partial charge in [0.15, 0.2) is 0 Å². The molecule has 0 aromatic heterocycles. The maximum absolute atomic E-state index is 12.5. The number of hydrogen-bond acceptors (Lipinski definition) is 5. The zero-order valence-electron chi connectivity index (χ0n) is 16.7. The third-order valence-electron chi connectivity index (χ3n) is 4.29. The molecule has 0 saturated heterocycles. The first-order valence-corrected chi connectivity index (χ1v) is 9.17. The summed E-state index contributed by atoms with van der Waals surface area (Å²) >= 11 is 0. The van der Waals surface area contributed by atoms with Crippen LogP contribution >= 0.6 is 0 Å². The fourth-order valence-corrected chi connectivity index (χ4v) is 2.76. The van der Waals surface area contributed by atoms with Gasteiger partial charge in [-0.15, -0.1) is 0 Å². The second-order valence-corrected chi connectivity index (χ2v) is 6.03. The molecule has 150 valence electrons. The van der Waals surface area contributed by atoms with Crippen molar-refractivity contribution < 1.29 is 19.1 Å². The molecule has 2 amide bonds. The standard InChI is InChI=1S/C21H27N3O4/c1-5-24(6-2)21(26)15-8-7-9-16(12-15)23-20(25)14-22-18-13-17(27-3)10-11-19(18)28-4/h7-13,22H,5-6,14H2,1-4H3,(H,23,25). The minimum atomic E-state index is -0.239. The van der Waals surface area contributed by atoms with E-state index >= 15 is 0 Å². The predicted octanol–water partition coefficient (Wildman–Crippen LogP) is 3.24. The van der Waals surface area contributed by atoms with Crippen molar-refractivity contribution >= 4 is 23.2 Å². The van der Waals surface area contributed by atoms with Crippen LogP contribution in [0.15, 0.2) is 42.5 Å². The molecule has 0 spiro atoms. The molecule has 0 aliphatic carbocycles. The molecule has 7 nitrogen and oxygen atoms in total. The summed E-state index contributed by atoms with van der Waals surface area (Å²) in [6, 6.07) is 12.2. The Bertz CT molecular complexity index is 819.